The van der Waals surface area contributed by atoms with E-state index >= 15 is 0 Å². The molecule has 2 rings (SSSR count). The van der Waals surface area contributed by atoms with E-state index in [1.165, 1.54) is 19.3 Å². The highest BCUT2D eigenvalue weighted by molar-refractivity contribution is 5.59. The Hall–Kier alpha value is -1.32. The van der Waals surface area contributed by atoms with Gasteiger partial charge in [-0.15, -0.1) is 0 Å². The molecule has 0 atom stereocenters. The smallest absolute Gasteiger partial charge is 0.137 e. The van der Waals surface area contributed by atoms with Crippen molar-refractivity contribution in [3.63, 3.8) is 0 Å². The maximum absolute atomic E-state index is 6.06. The Balaban J connectivity index is 2.28. The Bertz CT molecular complexity index is 424. The Morgan fingerprint density at radius 1 is 1.26 bits per heavy atom. The van der Waals surface area contributed by atoms with E-state index in [1.54, 1.807) is 6.33 Å². The van der Waals surface area contributed by atoms with Crippen LogP contribution in [0.1, 0.15) is 58.4 Å². The Morgan fingerprint density at radius 3 is 2.47 bits per heavy atom. The van der Waals surface area contributed by atoms with Crippen molar-refractivity contribution in [2.24, 2.45) is 5.92 Å². The van der Waals surface area contributed by atoms with Crippen molar-refractivity contribution >= 4 is 11.6 Å². The highest BCUT2D eigenvalue weighted by atomic mass is 15.2. The van der Waals surface area contributed by atoms with Crippen LogP contribution in [-0.4, -0.2) is 22.6 Å². The van der Waals surface area contributed by atoms with Gasteiger partial charge in [0.15, 0.2) is 0 Å². The van der Waals surface area contributed by atoms with Crippen molar-refractivity contribution < 1.29 is 0 Å². The second kappa shape index (κ2) is 5.76. The maximum Gasteiger partial charge on any atom is 0.137 e. The molecule has 1 heterocycles. The number of anilines is 2. The third-order valence-electron chi connectivity index (χ3n) is 3.68. The highest BCUT2D eigenvalue weighted by Gasteiger charge is 2.32. The van der Waals surface area contributed by atoms with Crippen LogP contribution in [-0.2, 0) is 0 Å². The summed E-state index contributed by atoms with van der Waals surface area (Å²) in [5, 5.41) is 0. The largest absolute Gasteiger partial charge is 0.383 e. The molecule has 0 radical (unpaired) electrons. The predicted molar refractivity (Wildman–Crippen MR) is 80.4 cm³/mol. The third-order valence-corrected chi connectivity index (χ3v) is 3.68. The second-order valence-electron chi connectivity index (χ2n) is 6.26. The normalized spacial score (nSPS) is 15.3. The summed E-state index contributed by atoms with van der Waals surface area (Å²) in [7, 11) is 0. The van der Waals surface area contributed by atoms with Gasteiger partial charge in [0.2, 0.25) is 0 Å². The van der Waals surface area contributed by atoms with Crippen molar-refractivity contribution in [3.05, 3.63) is 11.9 Å². The number of nitrogens with two attached hydrogens (primary N) is 1. The fourth-order valence-corrected chi connectivity index (χ4v) is 2.43. The van der Waals surface area contributed by atoms with E-state index in [0.717, 1.165) is 17.9 Å². The summed E-state index contributed by atoms with van der Waals surface area (Å²) in [4.78, 5) is 11.1. The number of nitrogen functional groups attached to an aromatic ring is 1. The summed E-state index contributed by atoms with van der Waals surface area (Å²) in [6, 6.07) is 0.658. The third kappa shape index (κ3) is 3.37. The first-order valence-electron chi connectivity index (χ1n) is 7.37. The van der Waals surface area contributed by atoms with Gasteiger partial charge >= 0.3 is 0 Å². The average Bonchev–Trinajstić information content (AvgIpc) is 3.12. The molecule has 0 aliphatic heterocycles. The first-order chi connectivity index (χ1) is 9.00. The molecule has 0 spiro atoms. The molecule has 1 aromatic heterocycles. The molecule has 106 valence electrons. The summed E-state index contributed by atoms with van der Waals surface area (Å²) >= 11 is 0. The molecule has 1 saturated carbocycles. The second-order valence-corrected chi connectivity index (χ2v) is 6.26. The van der Waals surface area contributed by atoms with E-state index in [1.807, 2.05) is 0 Å². The lowest BCUT2D eigenvalue weighted by molar-refractivity contribution is 0.566. The summed E-state index contributed by atoms with van der Waals surface area (Å²) in [6.45, 7) is 9.92. The molecule has 1 aliphatic carbocycles. The van der Waals surface area contributed by atoms with Crippen molar-refractivity contribution in [1.82, 2.24) is 9.97 Å². The number of hydrogen-bond acceptors (Lipinski definition) is 4. The minimum Gasteiger partial charge on any atom is -0.383 e. The number of hydrogen-bond donors (Lipinski definition) is 1. The van der Waals surface area contributed by atoms with Crippen LogP contribution in [0.4, 0.5) is 11.6 Å². The first kappa shape index (κ1) is 14.1. The lowest BCUT2D eigenvalue weighted by Crippen LogP contribution is -2.30. The van der Waals surface area contributed by atoms with Crippen molar-refractivity contribution in [3.8, 4) is 0 Å². The van der Waals surface area contributed by atoms with Crippen LogP contribution in [0.15, 0.2) is 6.33 Å². The van der Waals surface area contributed by atoms with Crippen molar-refractivity contribution in [2.45, 2.75) is 58.9 Å². The van der Waals surface area contributed by atoms with Gasteiger partial charge in [0.25, 0.3) is 0 Å². The summed E-state index contributed by atoms with van der Waals surface area (Å²) in [5.74, 6) is 2.76. The molecule has 1 aliphatic rings. The van der Waals surface area contributed by atoms with E-state index in [9.17, 15) is 0 Å². The zero-order valence-corrected chi connectivity index (χ0v) is 12.6. The van der Waals surface area contributed by atoms with Crippen LogP contribution in [0.3, 0.4) is 0 Å². The fourth-order valence-electron chi connectivity index (χ4n) is 2.43. The molecule has 1 fully saturated rings. The number of nitrogens with zero attached hydrogens (tertiary/aromatic N) is 3. The van der Waals surface area contributed by atoms with Gasteiger partial charge in [0.05, 0.1) is 0 Å². The SMILES string of the molecule is CC(C)CCN(c1ncnc(N)c1C(C)C)C1CC1. The van der Waals surface area contributed by atoms with E-state index in [2.05, 4.69) is 42.6 Å². The van der Waals surface area contributed by atoms with Crippen LogP contribution >= 0.6 is 0 Å². The molecule has 0 unspecified atom stereocenters. The molecule has 4 heteroatoms. The van der Waals surface area contributed by atoms with Gasteiger partial charge in [-0.3, -0.25) is 0 Å². The van der Waals surface area contributed by atoms with Gasteiger partial charge in [-0.2, -0.15) is 0 Å². The Morgan fingerprint density at radius 2 is 1.95 bits per heavy atom. The Kier molecular flexibility index (Phi) is 4.27. The van der Waals surface area contributed by atoms with Gasteiger partial charge in [0.1, 0.15) is 18.0 Å². The highest BCUT2D eigenvalue weighted by Crippen LogP contribution is 2.36. The maximum atomic E-state index is 6.06. The number of rotatable bonds is 6. The summed E-state index contributed by atoms with van der Waals surface area (Å²) in [6.07, 6.45) is 5.35. The van der Waals surface area contributed by atoms with E-state index in [0.29, 0.717) is 23.7 Å². The molecule has 0 aromatic carbocycles. The quantitative estimate of drug-likeness (QED) is 0.855. The Labute approximate surface area is 116 Å². The molecule has 2 N–H and O–H groups in total. The minimum atomic E-state index is 0.358. The molecule has 19 heavy (non-hydrogen) atoms. The molecule has 0 bridgehead atoms. The van der Waals surface area contributed by atoms with E-state index in [4.69, 9.17) is 5.73 Å². The molecule has 0 saturated heterocycles. The summed E-state index contributed by atoms with van der Waals surface area (Å²) in [5.41, 5.74) is 7.17. The van der Waals surface area contributed by atoms with Gasteiger partial charge in [-0.1, -0.05) is 27.7 Å². The lowest BCUT2D eigenvalue weighted by Gasteiger charge is -2.28. The van der Waals surface area contributed by atoms with Gasteiger partial charge in [0, 0.05) is 18.2 Å². The average molecular weight is 262 g/mol. The zero-order chi connectivity index (χ0) is 14.0. The van der Waals surface area contributed by atoms with Crippen LogP contribution in [0, 0.1) is 5.92 Å². The molecule has 4 nitrogen and oxygen atoms in total. The van der Waals surface area contributed by atoms with Gasteiger partial charge < -0.3 is 10.6 Å². The fraction of sp³-hybridized carbons (Fsp3) is 0.733. The van der Waals surface area contributed by atoms with Crippen molar-refractivity contribution in [1.29, 1.82) is 0 Å². The van der Waals surface area contributed by atoms with Gasteiger partial charge in [-0.25, -0.2) is 9.97 Å². The first-order valence-corrected chi connectivity index (χ1v) is 7.37. The predicted octanol–water partition coefficient (Wildman–Crippen LogP) is 3.20. The van der Waals surface area contributed by atoms with Crippen LogP contribution in [0.25, 0.3) is 0 Å². The van der Waals surface area contributed by atoms with Crippen molar-refractivity contribution in [2.75, 3.05) is 17.2 Å². The van der Waals surface area contributed by atoms with Gasteiger partial charge in [-0.05, 0) is 31.1 Å². The molecular formula is C15H26N4. The molecule has 0 amide bonds. The topological polar surface area (TPSA) is 55.0 Å². The standard InChI is InChI=1S/C15H26N4/c1-10(2)7-8-19(12-5-6-12)15-13(11(3)4)14(16)17-9-18-15/h9-12H,5-8H2,1-4H3,(H2,16,17,18). The van der Waals surface area contributed by atoms with Crippen LogP contribution in [0.5, 0.6) is 0 Å². The van der Waals surface area contributed by atoms with Crippen LogP contribution in [0.2, 0.25) is 0 Å². The lowest BCUT2D eigenvalue weighted by atomic mass is 10.0. The molecule has 1 aromatic rings. The minimum absolute atomic E-state index is 0.358. The van der Waals surface area contributed by atoms with E-state index in [-0.39, 0.29) is 0 Å². The number of aromatic nitrogens is 2. The monoisotopic (exact) mass is 262 g/mol. The zero-order valence-electron chi connectivity index (χ0n) is 12.6. The van der Waals surface area contributed by atoms with Crippen LogP contribution < -0.4 is 10.6 Å². The summed E-state index contributed by atoms with van der Waals surface area (Å²) < 4.78 is 0. The van der Waals surface area contributed by atoms with E-state index < -0.39 is 0 Å². The molecular weight excluding hydrogens is 236 g/mol.